The van der Waals surface area contributed by atoms with Crippen LogP contribution < -0.4 is 10.7 Å². The number of rotatable bonds is 5. The summed E-state index contributed by atoms with van der Waals surface area (Å²) in [6, 6.07) is 6.14. The van der Waals surface area contributed by atoms with Crippen LogP contribution >= 0.6 is 0 Å². The van der Waals surface area contributed by atoms with E-state index in [0.29, 0.717) is 18.7 Å². The molecule has 1 atom stereocenters. The number of carbonyl (C=O) groups is 2. The number of nitrogens with one attached hydrogen (secondary N) is 2. The molecule has 0 aromatic heterocycles. The van der Waals surface area contributed by atoms with Crippen molar-refractivity contribution in [3.8, 4) is 0 Å². The molecule has 2 amide bonds. The Hall–Kier alpha value is -2.28. The number of carbonyl (C=O) groups excluding carboxylic acids is 2. The van der Waals surface area contributed by atoms with Crippen molar-refractivity contribution in [3.05, 3.63) is 35.6 Å². The fourth-order valence-electron chi connectivity index (χ4n) is 2.24. The summed E-state index contributed by atoms with van der Waals surface area (Å²) in [6.45, 7) is 0.322. The van der Waals surface area contributed by atoms with Gasteiger partial charge in [0.2, 0.25) is 5.91 Å². The van der Waals surface area contributed by atoms with Crippen LogP contribution in [-0.2, 0) is 9.59 Å². The van der Waals surface area contributed by atoms with Crippen molar-refractivity contribution < 1.29 is 14.0 Å². The van der Waals surface area contributed by atoms with Crippen LogP contribution in [0, 0.1) is 5.82 Å². The lowest BCUT2D eigenvalue weighted by Gasteiger charge is -2.25. The zero-order valence-corrected chi connectivity index (χ0v) is 12.6. The van der Waals surface area contributed by atoms with E-state index in [4.69, 9.17) is 0 Å². The van der Waals surface area contributed by atoms with Gasteiger partial charge >= 0.3 is 0 Å². The van der Waals surface area contributed by atoms with Crippen LogP contribution in [-0.4, -0.2) is 43.1 Å². The minimum absolute atomic E-state index is 0.154. The van der Waals surface area contributed by atoms with Gasteiger partial charge in [-0.25, -0.2) is 9.82 Å². The standard InChI is InChI=1S/C15H19FN4O2/c1-20(2)13(10-4-3-5-11(16)8-10)9-17-15(22)12-6-7-14(21)19-18-12/h3-5,8,13H,6-7,9H2,1-2H3,(H,17,22)(H,19,21)/t13-/m0/s1. The van der Waals surface area contributed by atoms with Gasteiger partial charge in [-0.3, -0.25) is 9.59 Å². The molecular formula is C15H19FN4O2. The molecule has 0 bridgehead atoms. The average Bonchev–Trinajstić information content (AvgIpc) is 2.47. The highest BCUT2D eigenvalue weighted by Gasteiger charge is 2.20. The Bertz CT molecular complexity index is 601. The van der Waals surface area contributed by atoms with Crippen LogP contribution in [0.1, 0.15) is 24.4 Å². The number of hydrogen-bond acceptors (Lipinski definition) is 4. The van der Waals surface area contributed by atoms with Gasteiger partial charge in [-0.05, 0) is 31.8 Å². The van der Waals surface area contributed by atoms with E-state index in [0.717, 1.165) is 5.56 Å². The Morgan fingerprint density at radius 3 is 2.82 bits per heavy atom. The maximum absolute atomic E-state index is 13.4. The van der Waals surface area contributed by atoms with E-state index < -0.39 is 0 Å². The molecule has 0 saturated carbocycles. The lowest BCUT2D eigenvalue weighted by Crippen LogP contribution is -2.40. The summed E-state index contributed by atoms with van der Waals surface area (Å²) in [6.07, 6.45) is 0.581. The fraction of sp³-hybridized carbons (Fsp3) is 0.400. The summed E-state index contributed by atoms with van der Waals surface area (Å²) < 4.78 is 13.4. The van der Waals surface area contributed by atoms with Crippen molar-refractivity contribution >= 4 is 17.5 Å². The van der Waals surface area contributed by atoms with Crippen molar-refractivity contribution in [1.29, 1.82) is 0 Å². The number of amides is 2. The predicted molar refractivity (Wildman–Crippen MR) is 80.6 cm³/mol. The number of likely N-dealkylation sites (N-methyl/N-ethyl adjacent to an activating group) is 1. The first-order chi connectivity index (χ1) is 10.5. The Morgan fingerprint density at radius 1 is 1.45 bits per heavy atom. The zero-order chi connectivity index (χ0) is 16.1. The highest BCUT2D eigenvalue weighted by atomic mass is 19.1. The Morgan fingerprint density at radius 2 is 2.23 bits per heavy atom. The third kappa shape index (κ3) is 4.11. The van der Waals surface area contributed by atoms with E-state index in [9.17, 15) is 14.0 Å². The van der Waals surface area contributed by atoms with E-state index in [1.165, 1.54) is 12.1 Å². The summed E-state index contributed by atoms with van der Waals surface area (Å²) >= 11 is 0. The molecule has 1 aromatic carbocycles. The van der Waals surface area contributed by atoms with Gasteiger partial charge in [-0.15, -0.1) is 0 Å². The van der Waals surface area contributed by atoms with Crippen LogP contribution in [0.5, 0.6) is 0 Å². The summed E-state index contributed by atoms with van der Waals surface area (Å²) in [4.78, 5) is 25.0. The van der Waals surface area contributed by atoms with E-state index in [-0.39, 0.29) is 30.1 Å². The van der Waals surface area contributed by atoms with Gasteiger partial charge in [0, 0.05) is 19.4 Å². The Kier molecular flexibility index (Phi) is 5.21. The number of benzene rings is 1. The van der Waals surface area contributed by atoms with Crippen LogP contribution in [0.15, 0.2) is 29.4 Å². The number of nitrogens with zero attached hydrogens (tertiary/aromatic N) is 2. The second kappa shape index (κ2) is 7.13. The van der Waals surface area contributed by atoms with E-state index in [1.807, 2.05) is 25.1 Å². The maximum Gasteiger partial charge on any atom is 0.267 e. The molecule has 0 fully saturated rings. The quantitative estimate of drug-likeness (QED) is 0.845. The molecule has 22 heavy (non-hydrogen) atoms. The van der Waals surface area contributed by atoms with Crippen molar-refractivity contribution in [3.63, 3.8) is 0 Å². The summed E-state index contributed by atoms with van der Waals surface area (Å²) in [5.41, 5.74) is 3.37. The monoisotopic (exact) mass is 306 g/mol. The van der Waals surface area contributed by atoms with Crippen LogP contribution in [0.25, 0.3) is 0 Å². The fourth-order valence-corrected chi connectivity index (χ4v) is 2.24. The summed E-state index contributed by atoms with van der Waals surface area (Å²) in [5, 5.41) is 6.53. The van der Waals surface area contributed by atoms with Gasteiger partial charge in [0.05, 0.1) is 6.04 Å². The molecule has 0 spiro atoms. The van der Waals surface area contributed by atoms with E-state index >= 15 is 0 Å². The maximum atomic E-state index is 13.4. The molecule has 1 aromatic rings. The molecular weight excluding hydrogens is 287 g/mol. The van der Waals surface area contributed by atoms with Gasteiger partial charge in [-0.2, -0.15) is 5.10 Å². The molecule has 118 valence electrons. The van der Waals surface area contributed by atoms with Gasteiger partial charge in [0.15, 0.2) is 0 Å². The van der Waals surface area contributed by atoms with Gasteiger partial charge in [-0.1, -0.05) is 12.1 Å². The molecule has 0 radical (unpaired) electrons. The first-order valence-electron chi connectivity index (χ1n) is 7.03. The minimum Gasteiger partial charge on any atom is -0.349 e. The zero-order valence-electron chi connectivity index (χ0n) is 12.6. The average molecular weight is 306 g/mol. The van der Waals surface area contributed by atoms with Crippen molar-refractivity contribution in [1.82, 2.24) is 15.6 Å². The normalized spacial score (nSPS) is 16.0. The van der Waals surface area contributed by atoms with Gasteiger partial charge < -0.3 is 10.2 Å². The largest absolute Gasteiger partial charge is 0.349 e. The number of hydrazone groups is 1. The van der Waals surface area contributed by atoms with Crippen LogP contribution in [0.3, 0.4) is 0 Å². The predicted octanol–water partition coefficient (Wildman–Crippen LogP) is 0.811. The highest BCUT2D eigenvalue weighted by Crippen LogP contribution is 2.18. The summed E-state index contributed by atoms with van der Waals surface area (Å²) in [7, 11) is 3.72. The summed E-state index contributed by atoms with van der Waals surface area (Å²) in [5.74, 6) is -0.819. The molecule has 1 aliphatic rings. The second-order valence-electron chi connectivity index (χ2n) is 5.34. The highest BCUT2D eigenvalue weighted by molar-refractivity contribution is 6.39. The Labute approximate surface area is 128 Å². The third-order valence-corrected chi connectivity index (χ3v) is 3.48. The van der Waals surface area contributed by atoms with Crippen molar-refractivity contribution in [2.45, 2.75) is 18.9 Å². The smallest absolute Gasteiger partial charge is 0.267 e. The molecule has 6 nitrogen and oxygen atoms in total. The SMILES string of the molecule is CN(C)[C@@H](CNC(=O)C1=NNC(=O)CC1)c1cccc(F)c1. The van der Waals surface area contributed by atoms with Crippen molar-refractivity contribution in [2.75, 3.05) is 20.6 Å². The van der Waals surface area contributed by atoms with Gasteiger partial charge in [0.1, 0.15) is 11.5 Å². The molecule has 1 heterocycles. The first-order valence-corrected chi connectivity index (χ1v) is 7.03. The first kappa shape index (κ1) is 16.1. The molecule has 2 N–H and O–H groups in total. The van der Waals surface area contributed by atoms with E-state index in [2.05, 4.69) is 15.8 Å². The number of hydrogen-bond donors (Lipinski definition) is 2. The molecule has 7 heteroatoms. The Balaban J connectivity index is 2.00. The van der Waals surface area contributed by atoms with E-state index in [1.54, 1.807) is 6.07 Å². The van der Waals surface area contributed by atoms with Crippen molar-refractivity contribution in [2.24, 2.45) is 5.10 Å². The van der Waals surface area contributed by atoms with Crippen LogP contribution in [0.2, 0.25) is 0 Å². The molecule has 0 saturated heterocycles. The molecule has 0 aliphatic carbocycles. The lowest BCUT2D eigenvalue weighted by atomic mass is 10.1. The minimum atomic E-state index is -0.316. The number of halogens is 1. The second-order valence-corrected chi connectivity index (χ2v) is 5.34. The lowest BCUT2D eigenvalue weighted by molar-refractivity contribution is -0.121. The topological polar surface area (TPSA) is 73.8 Å². The molecule has 0 unspecified atom stereocenters. The van der Waals surface area contributed by atoms with Gasteiger partial charge in [0.25, 0.3) is 5.91 Å². The third-order valence-electron chi connectivity index (χ3n) is 3.48. The van der Waals surface area contributed by atoms with Crippen LogP contribution in [0.4, 0.5) is 4.39 Å². The molecule has 2 rings (SSSR count). The molecule has 1 aliphatic heterocycles.